The number of aryl methyl sites for hydroxylation is 2. The molecule has 0 aliphatic carbocycles. The van der Waals surface area contributed by atoms with Crippen LogP contribution in [0.1, 0.15) is 40.1 Å². The number of benzene rings is 1. The fourth-order valence-electron chi connectivity index (χ4n) is 2.08. The van der Waals surface area contributed by atoms with E-state index in [2.05, 4.69) is 38.1 Å². The predicted molar refractivity (Wildman–Crippen MR) is 78.0 cm³/mol. The summed E-state index contributed by atoms with van der Waals surface area (Å²) in [6.07, 6.45) is 3.09. The van der Waals surface area contributed by atoms with Crippen molar-refractivity contribution in [1.29, 1.82) is 0 Å². The van der Waals surface area contributed by atoms with Crippen LogP contribution in [0.3, 0.4) is 0 Å². The lowest BCUT2D eigenvalue weighted by Gasteiger charge is -2.02. The largest absolute Gasteiger partial charge is 0.326 e. The summed E-state index contributed by atoms with van der Waals surface area (Å²) >= 11 is 1.77. The average molecular weight is 260 g/mol. The highest BCUT2D eigenvalue weighted by atomic mass is 32.1. The SMILES string of the molecule is CCCc1nc(Cc2ccccc2C)sc1CN. The topological polar surface area (TPSA) is 38.9 Å². The van der Waals surface area contributed by atoms with E-state index in [1.54, 1.807) is 11.3 Å². The molecular weight excluding hydrogens is 240 g/mol. The van der Waals surface area contributed by atoms with Crippen LogP contribution >= 0.6 is 11.3 Å². The van der Waals surface area contributed by atoms with Gasteiger partial charge in [-0.15, -0.1) is 11.3 Å². The maximum Gasteiger partial charge on any atom is 0.0975 e. The Morgan fingerprint density at radius 2 is 2.06 bits per heavy atom. The Hall–Kier alpha value is -1.19. The lowest BCUT2D eigenvalue weighted by molar-refractivity contribution is 0.863. The Labute approximate surface area is 113 Å². The third kappa shape index (κ3) is 2.98. The van der Waals surface area contributed by atoms with Crippen LogP contribution in [0, 0.1) is 6.92 Å². The monoisotopic (exact) mass is 260 g/mol. The van der Waals surface area contributed by atoms with Crippen molar-refractivity contribution >= 4 is 11.3 Å². The Morgan fingerprint density at radius 1 is 1.28 bits per heavy atom. The first-order valence-corrected chi connectivity index (χ1v) is 7.28. The van der Waals surface area contributed by atoms with E-state index in [-0.39, 0.29) is 0 Å². The Morgan fingerprint density at radius 3 is 2.72 bits per heavy atom. The molecule has 0 atom stereocenters. The van der Waals surface area contributed by atoms with Gasteiger partial charge in [-0.2, -0.15) is 0 Å². The highest BCUT2D eigenvalue weighted by Gasteiger charge is 2.10. The minimum Gasteiger partial charge on any atom is -0.326 e. The van der Waals surface area contributed by atoms with E-state index in [0.29, 0.717) is 6.54 Å². The van der Waals surface area contributed by atoms with Crippen molar-refractivity contribution in [2.24, 2.45) is 5.73 Å². The van der Waals surface area contributed by atoms with E-state index in [4.69, 9.17) is 10.7 Å². The molecule has 2 nitrogen and oxygen atoms in total. The molecule has 0 saturated heterocycles. The van der Waals surface area contributed by atoms with Crippen LogP contribution in [0.25, 0.3) is 0 Å². The van der Waals surface area contributed by atoms with Crippen molar-refractivity contribution < 1.29 is 0 Å². The van der Waals surface area contributed by atoms with Gasteiger partial charge in [-0.1, -0.05) is 37.6 Å². The maximum absolute atomic E-state index is 5.79. The second-order valence-corrected chi connectivity index (χ2v) is 5.70. The zero-order valence-electron chi connectivity index (χ0n) is 11.1. The molecule has 0 fully saturated rings. The van der Waals surface area contributed by atoms with Crippen LogP contribution < -0.4 is 5.73 Å². The molecule has 0 aliphatic heterocycles. The molecule has 2 rings (SSSR count). The maximum atomic E-state index is 5.79. The van der Waals surface area contributed by atoms with Crippen molar-refractivity contribution in [2.45, 2.75) is 39.7 Å². The van der Waals surface area contributed by atoms with E-state index in [1.165, 1.54) is 26.7 Å². The zero-order valence-corrected chi connectivity index (χ0v) is 11.9. The summed E-state index contributed by atoms with van der Waals surface area (Å²) in [6, 6.07) is 8.50. The Balaban J connectivity index is 2.22. The number of rotatable bonds is 5. The van der Waals surface area contributed by atoms with Gasteiger partial charge in [0.15, 0.2) is 0 Å². The highest BCUT2D eigenvalue weighted by Crippen LogP contribution is 2.23. The quantitative estimate of drug-likeness (QED) is 0.894. The summed E-state index contributed by atoms with van der Waals surface area (Å²) in [5, 5.41) is 1.19. The molecule has 0 saturated carbocycles. The number of nitrogens with two attached hydrogens (primary N) is 1. The molecule has 1 heterocycles. The molecule has 0 amide bonds. The molecule has 2 aromatic rings. The Kier molecular flexibility index (Phi) is 4.50. The van der Waals surface area contributed by atoms with Gasteiger partial charge >= 0.3 is 0 Å². The van der Waals surface area contributed by atoms with Gasteiger partial charge in [0.1, 0.15) is 0 Å². The third-order valence-electron chi connectivity index (χ3n) is 3.10. The van der Waals surface area contributed by atoms with Crippen molar-refractivity contribution in [1.82, 2.24) is 4.98 Å². The van der Waals surface area contributed by atoms with Crippen LogP contribution in [0.2, 0.25) is 0 Å². The van der Waals surface area contributed by atoms with Gasteiger partial charge < -0.3 is 5.73 Å². The molecule has 0 spiro atoms. The minimum absolute atomic E-state index is 0.612. The van der Waals surface area contributed by atoms with Crippen molar-refractivity contribution in [3.05, 3.63) is 51.0 Å². The van der Waals surface area contributed by atoms with E-state index in [1.807, 2.05) is 0 Å². The molecule has 0 bridgehead atoms. The summed E-state index contributed by atoms with van der Waals surface area (Å²) in [4.78, 5) is 6.00. The van der Waals surface area contributed by atoms with Crippen LogP contribution in [0.5, 0.6) is 0 Å². The number of nitrogens with zero attached hydrogens (tertiary/aromatic N) is 1. The van der Waals surface area contributed by atoms with E-state index in [0.717, 1.165) is 19.3 Å². The first-order chi connectivity index (χ1) is 8.74. The molecule has 1 aromatic carbocycles. The normalized spacial score (nSPS) is 10.8. The summed E-state index contributed by atoms with van der Waals surface area (Å²) in [6.45, 7) is 4.95. The molecular formula is C15H20N2S. The van der Waals surface area contributed by atoms with Crippen LogP contribution in [-0.4, -0.2) is 4.98 Å². The van der Waals surface area contributed by atoms with Gasteiger partial charge in [-0.25, -0.2) is 4.98 Å². The van der Waals surface area contributed by atoms with Crippen molar-refractivity contribution in [2.75, 3.05) is 0 Å². The molecule has 3 heteroatoms. The smallest absolute Gasteiger partial charge is 0.0975 e. The number of hydrogen-bond acceptors (Lipinski definition) is 3. The van der Waals surface area contributed by atoms with Crippen LogP contribution in [-0.2, 0) is 19.4 Å². The van der Waals surface area contributed by atoms with Gasteiger partial charge in [0, 0.05) is 17.8 Å². The molecule has 18 heavy (non-hydrogen) atoms. The predicted octanol–water partition coefficient (Wildman–Crippen LogP) is 3.45. The van der Waals surface area contributed by atoms with Gasteiger partial charge in [0.2, 0.25) is 0 Å². The average Bonchev–Trinajstić information content (AvgIpc) is 2.75. The fraction of sp³-hybridized carbons (Fsp3) is 0.400. The molecule has 2 N–H and O–H groups in total. The molecule has 0 radical (unpaired) electrons. The molecule has 0 unspecified atom stereocenters. The standard InChI is InChI=1S/C15H20N2S/c1-3-6-13-14(10-16)18-15(17-13)9-12-8-5-4-7-11(12)2/h4-5,7-8H,3,6,9-10,16H2,1-2H3. The van der Waals surface area contributed by atoms with Crippen molar-refractivity contribution in [3.8, 4) is 0 Å². The van der Waals surface area contributed by atoms with Gasteiger partial charge in [0.25, 0.3) is 0 Å². The molecule has 0 aliphatic rings. The van der Waals surface area contributed by atoms with Crippen molar-refractivity contribution in [3.63, 3.8) is 0 Å². The summed E-state index contributed by atoms with van der Waals surface area (Å²) in [5.74, 6) is 0. The van der Waals surface area contributed by atoms with E-state index in [9.17, 15) is 0 Å². The van der Waals surface area contributed by atoms with Gasteiger partial charge in [0.05, 0.1) is 10.7 Å². The zero-order chi connectivity index (χ0) is 13.0. The second-order valence-electron chi connectivity index (χ2n) is 4.53. The number of aromatic nitrogens is 1. The van der Waals surface area contributed by atoms with Crippen LogP contribution in [0.4, 0.5) is 0 Å². The summed E-state index contributed by atoms with van der Waals surface area (Å²) < 4.78 is 0. The first-order valence-electron chi connectivity index (χ1n) is 6.46. The van der Waals surface area contributed by atoms with Gasteiger partial charge in [-0.3, -0.25) is 0 Å². The Bertz CT molecular complexity index is 517. The number of hydrogen-bond donors (Lipinski definition) is 1. The van der Waals surface area contributed by atoms with Gasteiger partial charge in [-0.05, 0) is 24.5 Å². The minimum atomic E-state index is 0.612. The fourth-order valence-corrected chi connectivity index (χ4v) is 3.09. The molecule has 96 valence electrons. The van der Waals surface area contributed by atoms with E-state index >= 15 is 0 Å². The first kappa shape index (κ1) is 13.2. The van der Waals surface area contributed by atoms with Crippen LogP contribution in [0.15, 0.2) is 24.3 Å². The number of thiazole rings is 1. The lowest BCUT2D eigenvalue weighted by atomic mass is 10.1. The summed E-state index contributed by atoms with van der Waals surface area (Å²) in [7, 11) is 0. The lowest BCUT2D eigenvalue weighted by Crippen LogP contribution is -1.98. The summed E-state index contributed by atoms with van der Waals surface area (Å²) in [5.41, 5.74) is 9.68. The third-order valence-corrected chi connectivity index (χ3v) is 4.22. The second kappa shape index (κ2) is 6.12. The van der Waals surface area contributed by atoms with E-state index < -0.39 is 0 Å². The molecule has 1 aromatic heterocycles. The highest BCUT2D eigenvalue weighted by molar-refractivity contribution is 7.11.